The number of rotatable bonds is 12. The molecule has 0 bridgehead atoms. The molecule has 0 saturated carbocycles. The van der Waals surface area contributed by atoms with Crippen LogP contribution in [0.15, 0.2) is 0 Å². The van der Waals surface area contributed by atoms with Gasteiger partial charge in [-0.05, 0) is 0 Å². The summed E-state index contributed by atoms with van der Waals surface area (Å²) in [5, 5.41) is 11.3. The van der Waals surface area contributed by atoms with Crippen molar-refractivity contribution in [2.45, 2.75) is 11.1 Å². The van der Waals surface area contributed by atoms with Gasteiger partial charge >= 0.3 is 109 Å². The monoisotopic (exact) mass is 339 g/mol. The van der Waals surface area contributed by atoms with Gasteiger partial charge in [-0.1, -0.05) is 0 Å². The molecule has 0 spiro atoms. The van der Waals surface area contributed by atoms with E-state index < -0.39 is 10.7 Å². The van der Waals surface area contributed by atoms with E-state index in [9.17, 15) is 9.59 Å². The summed E-state index contributed by atoms with van der Waals surface area (Å²) >= 11 is 1.14. The molecule has 8 heteroatoms. The Bertz CT molecular complexity index is 264. The summed E-state index contributed by atoms with van der Waals surface area (Å²) in [5.74, 6) is -1.08. The molecule has 0 aromatic heterocycles. The van der Waals surface area contributed by atoms with Gasteiger partial charge in [-0.25, -0.2) is 0 Å². The Balaban J connectivity index is 3.33. The number of methoxy groups -OCH3 is 1. The number of nitrogens with one attached hydrogen (secondary N) is 1. The van der Waals surface area contributed by atoms with E-state index in [0.717, 1.165) is 16.9 Å². The van der Waals surface area contributed by atoms with Gasteiger partial charge in [0.15, 0.2) is 0 Å². The quantitative estimate of drug-likeness (QED) is 0.338. The molecule has 0 aliphatic rings. The Labute approximate surface area is 121 Å². The summed E-state index contributed by atoms with van der Waals surface area (Å²) in [5.41, 5.74) is 0. The summed E-state index contributed by atoms with van der Waals surface area (Å²) in [6.07, 6.45) is 0.432. The predicted octanol–water partition coefficient (Wildman–Crippen LogP) is -1.32. The molecule has 1 amide bonds. The molecule has 0 radical (unpaired) electrons. The predicted molar refractivity (Wildman–Crippen MR) is 71.1 cm³/mol. The van der Waals surface area contributed by atoms with E-state index in [1.807, 2.05) is 0 Å². The van der Waals surface area contributed by atoms with Crippen LogP contribution in [0.25, 0.3) is 0 Å². The molecule has 2 atom stereocenters. The first-order valence-corrected chi connectivity index (χ1v) is 7.37. The number of hydrogen-bond acceptors (Lipinski definition) is 5. The first kappa shape index (κ1) is 18.4. The van der Waals surface area contributed by atoms with Crippen LogP contribution >= 0.6 is 0 Å². The molecule has 0 saturated heterocycles. The number of carbonyl (C=O) groups excluding carboxylic acids is 1. The molecule has 0 fully saturated rings. The summed E-state index contributed by atoms with van der Waals surface area (Å²) < 4.78 is 14.6. The fourth-order valence-corrected chi connectivity index (χ4v) is 1.42. The molecule has 2 unspecified atom stereocenters. The molecule has 0 aromatic rings. The van der Waals surface area contributed by atoms with Crippen LogP contribution in [0.5, 0.6) is 0 Å². The van der Waals surface area contributed by atoms with Crippen molar-refractivity contribution in [2.75, 3.05) is 46.7 Å². The van der Waals surface area contributed by atoms with Gasteiger partial charge in [-0.15, -0.1) is 0 Å². The van der Waals surface area contributed by atoms with Gasteiger partial charge in [0.25, 0.3) is 0 Å². The summed E-state index contributed by atoms with van der Waals surface area (Å²) in [7, 11) is 1.59. The Morgan fingerprint density at radius 1 is 1.21 bits per heavy atom. The zero-order chi connectivity index (χ0) is 14.5. The second kappa shape index (κ2) is 12.4. The molecule has 7 nitrogen and oxygen atoms in total. The number of carboxylic acids is 1. The van der Waals surface area contributed by atoms with Gasteiger partial charge in [0.1, 0.15) is 0 Å². The molecule has 2 N–H and O–H groups in total. The van der Waals surface area contributed by atoms with Crippen molar-refractivity contribution in [2.24, 2.45) is 0 Å². The third-order valence-electron chi connectivity index (χ3n) is 2.13. The third kappa shape index (κ3) is 12.2. The summed E-state index contributed by atoms with van der Waals surface area (Å²) in [6.45, 7) is 2.09. The van der Waals surface area contributed by atoms with E-state index in [4.69, 9.17) is 19.3 Å². The normalized spacial score (nSPS) is 12.1. The molecular formula is C11H22AsNO6. The first-order valence-electron chi connectivity index (χ1n) is 5.97. The van der Waals surface area contributed by atoms with Crippen molar-refractivity contribution in [1.29, 1.82) is 0 Å². The van der Waals surface area contributed by atoms with Crippen LogP contribution in [-0.2, 0) is 23.8 Å². The number of carboxylic acid groups (broad SMARTS) is 1. The van der Waals surface area contributed by atoms with E-state index in [-0.39, 0.29) is 12.5 Å². The van der Waals surface area contributed by atoms with E-state index >= 15 is 0 Å². The standard InChI is InChI=1S/C11H22AsNO6/c1-17-4-5-18-6-7-19-8-10(14)13-3-2-9(12)11(15)16/h9H,2-8,12H2,1H3,(H,13,14)(H,15,16). The van der Waals surface area contributed by atoms with Crippen LogP contribution in [-0.4, -0.2) is 80.5 Å². The van der Waals surface area contributed by atoms with Crippen molar-refractivity contribution in [3.05, 3.63) is 0 Å². The van der Waals surface area contributed by atoms with Gasteiger partial charge in [-0.2, -0.15) is 0 Å². The van der Waals surface area contributed by atoms with Crippen LogP contribution in [0.3, 0.4) is 0 Å². The van der Waals surface area contributed by atoms with Crippen LogP contribution in [0.1, 0.15) is 6.42 Å². The van der Waals surface area contributed by atoms with Crippen molar-refractivity contribution in [3.63, 3.8) is 0 Å². The van der Waals surface area contributed by atoms with Gasteiger partial charge < -0.3 is 4.74 Å². The van der Waals surface area contributed by atoms with E-state index in [2.05, 4.69) is 5.32 Å². The van der Waals surface area contributed by atoms with Crippen LogP contribution < -0.4 is 5.32 Å². The van der Waals surface area contributed by atoms with Gasteiger partial charge in [0.2, 0.25) is 0 Å². The van der Waals surface area contributed by atoms with Crippen LogP contribution in [0.2, 0.25) is 4.71 Å². The summed E-state index contributed by atoms with van der Waals surface area (Å²) in [4.78, 5) is 21.8. The minimum absolute atomic E-state index is 0.0414. The zero-order valence-electron chi connectivity index (χ0n) is 11.1. The molecule has 0 heterocycles. The van der Waals surface area contributed by atoms with E-state index in [1.54, 1.807) is 7.11 Å². The molecule has 0 aliphatic carbocycles. The van der Waals surface area contributed by atoms with Crippen LogP contribution in [0, 0.1) is 0 Å². The van der Waals surface area contributed by atoms with Crippen molar-refractivity contribution < 1.29 is 28.9 Å². The molecule has 0 rings (SSSR count). The number of aliphatic carboxylic acids is 1. The fourth-order valence-electron chi connectivity index (χ4n) is 1.07. The Hall–Kier alpha value is -0.622. The average Bonchev–Trinajstić information content (AvgIpc) is 2.37. The average molecular weight is 339 g/mol. The molecular weight excluding hydrogens is 317 g/mol. The Morgan fingerprint density at radius 3 is 2.47 bits per heavy atom. The number of hydrogen-bond donors (Lipinski definition) is 2. The van der Waals surface area contributed by atoms with Gasteiger partial charge in [0.05, 0.1) is 0 Å². The van der Waals surface area contributed by atoms with Crippen LogP contribution in [0.4, 0.5) is 0 Å². The maximum absolute atomic E-state index is 11.3. The first-order chi connectivity index (χ1) is 9.07. The maximum atomic E-state index is 11.3. The second-order valence-corrected chi connectivity index (χ2v) is 5.43. The van der Waals surface area contributed by atoms with Gasteiger partial charge in [0, 0.05) is 7.11 Å². The second-order valence-electron chi connectivity index (χ2n) is 3.74. The van der Waals surface area contributed by atoms with E-state index in [0.29, 0.717) is 39.4 Å². The van der Waals surface area contributed by atoms with Crippen molar-refractivity contribution in [3.8, 4) is 0 Å². The topological polar surface area (TPSA) is 94.1 Å². The minimum atomic E-state index is -0.835. The molecule has 19 heavy (non-hydrogen) atoms. The van der Waals surface area contributed by atoms with E-state index in [1.165, 1.54) is 0 Å². The number of amides is 1. The fraction of sp³-hybridized carbons (Fsp3) is 0.818. The molecule has 0 aromatic carbocycles. The zero-order valence-corrected chi connectivity index (χ0v) is 13.5. The van der Waals surface area contributed by atoms with Crippen molar-refractivity contribution in [1.82, 2.24) is 5.32 Å². The number of carbonyl (C=O) groups is 2. The molecule has 112 valence electrons. The van der Waals surface area contributed by atoms with Gasteiger partial charge in [-0.3, -0.25) is 0 Å². The Morgan fingerprint density at radius 2 is 1.84 bits per heavy atom. The third-order valence-corrected chi connectivity index (χ3v) is 3.43. The molecule has 0 aliphatic heterocycles. The number of ether oxygens (including phenoxy) is 3. The SMILES string of the molecule is COCCOCCOCC(=O)NCCC([AsH2])C(=O)O. The van der Waals surface area contributed by atoms with Crippen molar-refractivity contribution >= 4 is 28.7 Å². The Kier molecular flexibility index (Phi) is 12.0. The summed E-state index contributed by atoms with van der Waals surface area (Å²) in [6, 6.07) is 0.